The van der Waals surface area contributed by atoms with Crippen molar-refractivity contribution >= 4 is 11.8 Å². The van der Waals surface area contributed by atoms with Gasteiger partial charge in [-0.25, -0.2) is 0 Å². The molecule has 4 heteroatoms. The van der Waals surface area contributed by atoms with Crippen molar-refractivity contribution in [1.29, 1.82) is 0 Å². The van der Waals surface area contributed by atoms with Gasteiger partial charge in [-0.05, 0) is 20.3 Å². The van der Waals surface area contributed by atoms with Crippen LogP contribution >= 0.6 is 0 Å². The number of Topliss-reactive ketones (excluding diaryl/α,β-unsaturated/α-hetero) is 1. The first-order valence-electron chi connectivity index (χ1n) is 3.80. The van der Waals surface area contributed by atoms with E-state index in [9.17, 15) is 9.59 Å². The van der Waals surface area contributed by atoms with E-state index in [0.717, 1.165) is 0 Å². The average molecular weight is 249 g/mol. The minimum atomic E-state index is -0.560. The molecule has 0 aromatic heterocycles. The van der Waals surface area contributed by atoms with Crippen LogP contribution in [0.25, 0.3) is 0 Å². The Hall–Kier alpha value is 0.0231. The summed E-state index contributed by atoms with van der Waals surface area (Å²) in [6.07, 6.45) is 0.522. The monoisotopic (exact) mass is 248 g/mol. The number of carbonyl (C=O) groups is 2. The third-order valence-electron chi connectivity index (χ3n) is 1.47. The van der Waals surface area contributed by atoms with E-state index in [1.54, 1.807) is 13.8 Å². The van der Waals surface area contributed by atoms with Crippen LogP contribution in [-0.4, -0.2) is 18.4 Å². The van der Waals surface area contributed by atoms with E-state index in [2.05, 4.69) is 0 Å². The number of hydrogen-bond acceptors (Lipinski definition) is 3. The van der Waals surface area contributed by atoms with Crippen molar-refractivity contribution in [2.45, 2.75) is 27.2 Å². The average Bonchev–Trinajstić information content (AvgIpc) is 1.88. The summed E-state index contributed by atoms with van der Waals surface area (Å²) < 4.78 is 4.70. The maximum atomic E-state index is 11.0. The first-order valence-corrected chi connectivity index (χ1v) is 3.80. The van der Waals surface area contributed by atoms with Gasteiger partial charge in [0.05, 0.1) is 6.61 Å². The standard InChI is InChI=1S/C8H14O3.Zr/c1-4-7(6(3)9)8(10)11-5-2;/h7H,4-5H2,1-3H3;. The molecule has 68 valence electrons. The molecule has 0 fully saturated rings. The third kappa shape index (κ3) is 4.81. The fourth-order valence-corrected chi connectivity index (χ4v) is 0.863. The van der Waals surface area contributed by atoms with Gasteiger partial charge in [0.1, 0.15) is 11.7 Å². The van der Waals surface area contributed by atoms with Gasteiger partial charge in [-0.2, -0.15) is 0 Å². The van der Waals surface area contributed by atoms with Crippen molar-refractivity contribution in [2.24, 2.45) is 5.92 Å². The Morgan fingerprint density at radius 2 is 1.83 bits per heavy atom. The molecule has 0 radical (unpaired) electrons. The second-order valence-electron chi connectivity index (χ2n) is 2.32. The van der Waals surface area contributed by atoms with Crippen LogP contribution in [0.1, 0.15) is 27.2 Å². The quantitative estimate of drug-likeness (QED) is 0.555. The molecule has 0 rings (SSSR count). The van der Waals surface area contributed by atoms with Gasteiger partial charge < -0.3 is 4.74 Å². The normalized spacial score (nSPS) is 11.2. The largest absolute Gasteiger partial charge is 0.465 e. The van der Waals surface area contributed by atoms with E-state index in [0.29, 0.717) is 13.0 Å². The smallest absolute Gasteiger partial charge is 0.316 e. The number of ketones is 1. The molecule has 3 nitrogen and oxygen atoms in total. The first-order chi connectivity index (χ1) is 5.13. The van der Waals surface area contributed by atoms with Crippen molar-refractivity contribution in [3.05, 3.63) is 0 Å². The van der Waals surface area contributed by atoms with Crippen molar-refractivity contribution in [3.8, 4) is 0 Å². The van der Waals surface area contributed by atoms with E-state index in [1.165, 1.54) is 6.92 Å². The van der Waals surface area contributed by atoms with Crippen LogP contribution in [0.4, 0.5) is 0 Å². The van der Waals surface area contributed by atoms with Crippen LogP contribution in [0.15, 0.2) is 0 Å². The molecule has 0 aromatic carbocycles. The van der Waals surface area contributed by atoms with Gasteiger partial charge in [-0.1, -0.05) is 6.92 Å². The predicted octanol–water partition coefficient (Wildman–Crippen LogP) is 1.16. The first kappa shape index (κ1) is 14.5. The summed E-state index contributed by atoms with van der Waals surface area (Å²) in [7, 11) is 0. The van der Waals surface area contributed by atoms with Crippen LogP contribution in [0.5, 0.6) is 0 Å². The summed E-state index contributed by atoms with van der Waals surface area (Å²) in [5, 5.41) is 0. The van der Waals surface area contributed by atoms with Crippen molar-refractivity contribution < 1.29 is 40.5 Å². The fraction of sp³-hybridized carbons (Fsp3) is 0.750. The molecule has 0 aromatic rings. The molecule has 0 saturated carbocycles. The summed E-state index contributed by atoms with van der Waals surface area (Å²) in [4.78, 5) is 21.8. The van der Waals surface area contributed by atoms with Gasteiger partial charge in [-0.3, -0.25) is 9.59 Å². The predicted molar refractivity (Wildman–Crippen MR) is 41.1 cm³/mol. The SMILES string of the molecule is CCOC(=O)C(CC)C(C)=O.[Zr]. The van der Waals surface area contributed by atoms with E-state index >= 15 is 0 Å². The van der Waals surface area contributed by atoms with Crippen LogP contribution in [0.3, 0.4) is 0 Å². The molecule has 0 aliphatic rings. The van der Waals surface area contributed by atoms with Gasteiger partial charge in [0.2, 0.25) is 0 Å². The minimum Gasteiger partial charge on any atom is -0.465 e. The van der Waals surface area contributed by atoms with Gasteiger partial charge >= 0.3 is 5.97 Å². The zero-order valence-electron chi connectivity index (χ0n) is 7.72. The second kappa shape index (κ2) is 7.66. The van der Waals surface area contributed by atoms with Gasteiger partial charge in [0, 0.05) is 26.2 Å². The molecule has 1 unspecified atom stereocenters. The van der Waals surface area contributed by atoms with E-state index < -0.39 is 11.9 Å². The Morgan fingerprint density at radius 3 is 2.08 bits per heavy atom. The molecule has 0 heterocycles. The zero-order chi connectivity index (χ0) is 8.85. The number of carbonyl (C=O) groups excluding carboxylic acids is 2. The number of ether oxygens (including phenoxy) is 1. The van der Waals surface area contributed by atoms with Gasteiger partial charge in [0.25, 0.3) is 0 Å². The van der Waals surface area contributed by atoms with Gasteiger partial charge in [-0.15, -0.1) is 0 Å². The number of hydrogen-bond donors (Lipinski definition) is 0. The van der Waals surface area contributed by atoms with Crippen LogP contribution in [0, 0.1) is 5.92 Å². The molecule has 0 amide bonds. The summed E-state index contributed by atoms with van der Waals surface area (Å²) in [5.74, 6) is -1.08. The second-order valence-corrected chi connectivity index (χ2v) is 2.32. The molecule has 12 heavy (non-hydrogen) atoms. The molecule has 0 saturated heterocycles. The number of rotatable bonds is 4. The Kier molecular flexibility index (Phi) is 9.28. The Bertz CT molecular complexity index is 156. The molecule has 0 bridgehead atoms. The Balaban J connectivity index is 0. The minimum absolute atomic E-state index is 0. The molecular weight excluding hydrogens is 235 g/mol. The van der Waals surface area contributed by atoms with Crippen molar-refractivity contribution in [1.82, 2.24) is 0 Å². The topological polar surface area (TPSA) is 43.4 Å². The third-order valence-corrected chi connectivity index (χ3v) is 1.47. The van der Waals surface area contributed by atoms with Crippen molar-refractivity contribution in [2.75, 3.05) is 6.61 Å². The summed E-state index contributed by atoms with van der Waals surface area (Å²) >= 11 is 0. The van der Waals surface area contributed by atoms with Crippen molar-refractivity contribution in [3.63, 3.8) is 0 Å². The van der Waals surface area contributed by atoms with E-state index in [1.807, 2.05) is 0 Å². The van der Waals surface area contributed by atoms with Gasteiger partial charge in [0.15, 0.2) is 0 Å². The summed E-state index contributed by atoms with van der Waals surface area (Å²) in [6.45, 7) is 5.27. The number of esters is 1. The molecule has 0 N–H and O–H groups in total. The molecular formula is C8H14O3Zr. The Morgan fingerprint density at radius 1 is 1.33 bits per heavy atom. The van der Waals surface area contributed by atoms with E-state index in [-0.39, 0.29) is 32.0 Å². The zero-order valence-corrected chi connectivity index (χ0v) is 10.2. The molecule has 1 atom stereocenters. The van der Waals surface area contributed by atoms with E-state index in [4.69, 9.17) is 4.74 Å². The summed E-state index contributed by atoms with van der Waals surface area (Å²) in [5.41, 5.74) is 0. The molecule has 0 aliphatic heterocycles. The maximum Gasteiger partial charge on any atom is 0.316 e. The van der Waals surface area contributed by atoms with Crippen LogP contribution in [-0.2, 0) is 40.5 Å². The molecule has 0 spiro atoms. The fourth-order valence-electron chi connectivity index (χ4n) is 0.863. The van der Waals surface area contributed by atoms with Crippen LogP contribution < -0.4 is 0 Å². The summed E-state index contributed by atoms with van der Waals surface area (Å²) in [6, 6.07) is 0. The Labute approximate surface area is 92.0 Å². The maximum absolute atomic E-state index is 11.0. The van der Waals surface area contributed by atoms with Crippen LogP contribution in [0.2, 0.25) is 0 Å². The molecule has 0 aliphatic carbocycles.